The average Bonchev–Trinajstić information content (AvgIpc) is 3.25. The molecule has 0 aliphatic heterocycles. The number of hydrogen-bond donors (Lipinski definition) is 2. The second-order valence-electron chi connectivity index (χ2n) is 7.01. The van der Waals surface area contributed by atoms with Gasteiger partial charge in [-0.05, 0) is 24.7 Å². The van der Waals surface area contributed by atoms with Gasteiger partial charge in [-0.15, -0.1) is 0 Å². The van der Waals surface area contributed by atoms with Crippen LogP contribution in [0.25, 0.3) is 17.0 Å². The monoisotopic (exact) mass is 356 g/mol. The number of aromatic nitrogens is 6. The van der Waals surface area contributed by atoms with Gasteiger partial charge in [0.15, 0.2) is 0 Å². The topological polar surface area (TPSA) is 119 Å². The summed E-state index contributed by atoms with van der Waals surface area (Å²) >= 11 is 0. The van der Waals surface area contributed by atoms with Gasteiger partial charge in [-0.1, -0.05) is 19.8 Å². The first-order chi connectivity index (χ1) is 12.5. The number of carboxylic acids is 1. The first-order valence-corrected chi connectivity index (χ1v) is 8.72. The van der Waals surface area contributed by atoms with Crippen molar-refractivity contribution in [3.63, 3.8) is 0 Å². The van der Waals surface area contributed by atoms with E-state index in [0.717, 1.165) is 25.3 Å². The fraction of sp³-hybridized carbons (Fsp3) is 0.471. The van der Waals surface area contributed by atoms with E-state index in [-0.39, 0.29) is 17.4 Å². The maximum atomic E-state index is 11.0. The fourth-order valence-electron chi connectivity index (χ4n) is 3.51. The molecule has 26 heavy (non-hydrogen) atoms. The predicted molar refractivity (Wildman–Crippen MR) is 92.2 cm³/mol. The van der Waals surface area contributed by atoms with E-state index in [4.69, 9.17) is 5.11 Å². The summed E-state index contributed by atoms with van der Waals surface area (Å²) in [4.78, 5) is 19.4. The van der Waals surface area contributed by atoms with Crippen LogP contribution in [-0.2, 0) is 6.54 Å². The Hall–Kier alpha value is -2.97. The molecule has 0 atom stereocenters. The van der Waals surface area contributed by atoms with Crippen molar-refractivity contribution in [3.05, 3.63) is 24.2 Å². The highest BCUT2D eigenvalue weighted by Gasteiger charge is 2.21. The van der Waals surface area contributed by atoms with Crippen LogP contribution in [0.1, 0.15) is 43.0 Å². The van der Waals surface area contributed by atoms with Crippen molar-refractivity contribution in [1.29, 1.82) is 0 Å². The second kappa shape index (κ2) is 6.40. The normalized spacial score (nSPS) is 20.5. The van der Waals surface area contributed by atoms with E-state index in [1.807, 2.05) is 0 Å². The molecular formula is C17H20N6O3. The Kier molecular flexibility index (Phi) is 4.06. The molecule has 0 spiro atoms. The summed E-state index contributed by atoms with van der Waals surface area (Å²) in [5.74, 6) is 0.158. The summed E-state index contributed by atoms with van der Waals surface area (Å²) in [7, 11) is 0. The zero-order valence-corrected chi connectivity index (χ0v) is 14.4. The third kappa shape index (κ3) is 3.00. The van der Waals surface area contributed by atoms with Gasteiger partial charge in [0.25, 0.3) is 5.95 Å². The molecule has 9 heteroatoms. The Morgan fingerprint density at radius 1 is 1.19 bits per heavy atom. The van der Waals surface area contributed by atoms with Gasteiger partial charge in [-0.2, -0.15) is 15.2 Å². The van der Waals surface area contributed by atoms with Gasteiger partial charge in [-0.3, -0.25) is 4.68 Å². The Labute approximate surface area is 149 Å². The standard InChI is InChI=1S/C17H20N6O3/c1-10-2-4-11(5-3-10)8-22-14-13(7-19-22)20-17(21-15(14)24)23-9-12(6-18-23)16(25)26/h6-7,9-11H,2-5,8H2,1H3,(H,25,26)(H,20,21,24). The second-order valence-corrected chi connectivity index (χ2v) is 7.01. The third-order valence-corrected chi connectivity index (χ3v) is 5.06. The van der Waals surface area contributed by atoms with Crippen LogP contribution in [0.5, 0.6) is 5.88 Å². The minimum atomic E-state index is -1.09. The average molecular weight is 356 g/mol. The van der Waals surface area contributed by atoms with Crippen molar-refractivity contribution in [3.8, 4) is 11.8 Å². The molecule has 1 fully saturated rings. The molecule has 1 saturated carbocycles. The minimum absolute atomic E-state index is 0.0235. The molecular weight excluding hydrogens is 336 g/mol. The van der Waals surface area contributed by atoms with E-state index in [1.165, 1.54) is 29.9 Å². The molecule has 9 nitrogen and oxygen atoms in total. The highest BCUT2D eigenvalue weighted by Crippen LogP contribution is 2.31. The quantitative estimate of drug-likeness (QED) is 0.735. The summed E-state index contributed by atoms with van der Waals surface area (Å²) in [6, 6.07) is 0. The van der Waals surface area contributed by atoms with Crippen LogP contribution in [0, 0.1) is 11.8 Å². The molecule has 0 unspecified atom stereocenters. The fourth-order valence-corrected chi connectivity index (χ4v) is 3.51. The Balaban J connectivity index is 1.63. The predicted octanol–water partition coefficient (Wildman–Crippen LogP) is 2.24. The smallest absolute Gasteiger partial charge is 0.338 e. The summed E-state index contributed by atoms with van der Waals surface area (Å²) in [5.41, 5.74) is 1.03. The molecule has 0 amide bonds. The number of hydrogen-bond acceptors (Lipinski definition) is 6. The molecule has 0 radical (unpaired) electrons. The van der Waals surface area contributed by atoms with Crippen molar-refractivity contribution in [2.75, 3.05) is 0 Å². The molecule has 2 N–H and O–H groups in total. The molecule has 0 bridgehead atoms. The minimum Gasteiger partial charge on any atom is -0.492 e. The van der Waals surface area contributed by atoms with Crippen LogP contribution in [0.15, 0.2) is 18.6 Å². The van der Waals surface area contributed by atoms with Gasteiger partial charge in [0, 0.05) is 12.7 Å². The zero-order valence-electron chi connectivity index (χ0n) is 14.4. The molecule has 136 valence electrons. The lowest BCUT2D eigenvalue weighted by Gasteiger charge is -2.26. The van der Waals surface area contributed by atoms with E-state index in [0.29, 0.717) is 17.0 Å². The SMILES string of the molecule is CC1CCC(Cn2ncc3nc(-n4cc(C(=O)O)cn4)nc(O)c32)CC1. The van der Waals surface area contributed by atoms with Crippen LogP contribution in [0.2, 0.25) is 0 Å². The highest BCUT2D eigenvalue weighted by molar-refractivity contribution is 5.87. The van der Waals surface area contributed by atoms with Crippen molar-refractivity contribution in [1.82, 2.24) is 29.5 Å². The number of carbonyl (C=O) groups is 1. The lowest BCUT2D eigenvalue weighted by atomic mass is 9.83. The maximum absolute atomic E-state index is 11.0. The van der Waals surface area contributed by atoms with Crippen LogP contribution < -0.4 is 0 Å². The lowest BCUT2D eigenvalue weighted by Crippen LogP contribution is -2.18. The molecule has 3 aromatic heterocycles. The molecule has 4 rings (SSSR count). The summed E-state index contributed by atoms with van der Waals surface area (Å²) in [6.07, 6.45) is 8.87. The number of carboxylic acid groups (broad SMARTS) is 1. The Morgan fingerprint density at radius 3 is 2.65 bits per heavy atom. The number of fused-ring (bicyclic) bond motifs is 1. The van der Waals surface area contributed by atoms with Gasteiger partial charge >= 0.3 is 5.97 Å². The van der Waals surface area contributed by atoms with Crippen LogP contribution in [0.4, 0.5) is 0 Å². The molecule has 1 aliphatic rings. The van der Waals surface area contributed by atoms with Crippen molar-refractivity contribution < 1.29 is 15.0 Å². The van der Waals surface area contributed by atoms with Gasteiger partial charge < -0.3 is 10.2 Å². The van der Waals surface area contributed by atoms with Crippen LogP contribution in [-0.4, -0.2) is 45.7 Å². The number of nitrogens with zero attached hydrogens (tertiary/aromatic N) is 6. The van der Waals surface area contributed by atoms with Crippen LogP contribution in [0.3, 0.4) is 0 Å². The number of aromatic carboxylic acids is 1. The number of rotatable bonds is 4. The highest BCUT2D eigenvalue weighted by atomic mass is 16.4. The summed E-state index contributed by atoms with van der Waals surface area (Å²) < 4.78 is 2.99. The number of aromatic hydroxyl groups is 1. The van der Waals surface area contributed by atoms with Crippen molar-refractivity contribution in [2.24, 2.45) is 11.8 Å². The lowest BCUT2D eigenvalue weighted by molar-refractivity contribution is 0.0697. The molecule has 3 aromatic rings. The summed E-state index contributed by atoms with van der Waals surface area (Å²) in [5, 5.41) is 27.7. The van der Waals surface area contributed by atoms with E-state index in [1.54, 1.807) is 10.9 Å². The van der Waals surface area contributed by atoms with Gasteiger partial charge in [0.1, 0.15) is 11.0 Å². The largest absolute Gasteiger partial charge is 0.492 e. The molecule has 0 aromatic carbocycles. The van der Waals surface area contributed by atoms with Gasteiger partial charge in [0.2, 0.25) is 5.88 Å². The van der Waals surface area contributed by atoms with Gasteiger partial charge in [0.05, 0.1) is 18.0 Å². The van der Waals surface area contributed by atoms with Gasteiger partial charge in [-0.25, -0.2) is 14.5 Å². The molecule has 1 aliphatic carbocycles. The van der Waals surface area contributed by atoms with Crippen LogP contribution >= 0.6 is 0 Å². The first-order valence-electron chi connectivity index (χ1n) is 8.72. The van der Waals surface area contributed by atoms with E-state index in [2.05, 4.69) is 27.1 Å². The van der Waals surface area contributed by atoms with E-state index >= 15 is 0 Å². The third-order valence-electron chi connectivity index (χ3n) is 5.06. The Morgan fingerprint density at radius 2 is 1.96 bits per heavy atom. The maximum Gasteiger partial charge on any atom is 0.338 e. The Bertz CT molecular complexity index is 955. The summed E-state index contributed by atoms with van der Waals surface area (Å²) in [6.45, 7) is 3.02. The van der Waals surface area contributed by atoms with Crippen molar-refractivity contribution in [2.45, 2.75) is 39.2 Å². The van der Waals surface area contributed by atoms with Crippen molar-refractivity contribution >= 4 is 17.0 Å². The first kappa shape index (κ1) is 16.5. The zero-order chi connectivity index (χ0) is 18.3. The molecule has 0 saturated heterocycles. The molecule has 3 heterocycles. The van der Waals surface area contributed by atoms with E-state index < -0.39 is 5.97 Å². The van der Waals surface area contributed by atoms with E-state index in [9.17, 15) is 9.90 Å².